The molecule has 1 aromatic rings. The van der Waals surface area contributed by atoms with Gasteiger partial charge in [0.2, 0.25) is 0 Å². The molecule has 3 nitrogen and oxygen atoms in total. The van der Waals surface area contributed by atoms with Crippen LogP contribution in [0.5, 0.6) is 11.5 Å². The molecule has 1 rings (SSSR count). The first kappa shape index (κ1) is 14.8. The van der Waals surface area contributed by atoms with E-state index in [1.807, 2.05) is 24.3 Å². The SMILES string of the molecule is CC[C@@H](C)NCCCCOc1cccc(OC)c1. The van der Waals surface area contributed by atoms with Crippen molar-refractivity contribution in [2.75, 3.05) is 20.3 Å². The molecule has 3 heteroatoms. The highest BCUT2D eigenvalue weighted by Gasteiger charge is 1.98. The summed E-state index contributed by atoms with van der Waals surface area (Å²) < 4.78 is 10.8. The number of methoxy groups -OCH3 is 1. The van der Waals surface area contributed by atoms with Gasteiger partial charge in [-0.1, -0.05) is 13.0 Å². The summed E-state index contributed by atoms with van der Waals surface area (Å²) in [7, 11) is 1.67. The van der Waals surface area contributed by atoms with E-state index in [2.05, 4.69) is 19.2 Å². The normalized spacial score (nSPS) is 12.2. The topological polar surface area (TPSA) is 30.5 Å². The van der Waals surface area contributed by atoms with Crippen LogP contribution in [0.25, 0.3) is 0 Å². The second-order valence-corrected chi connectivity index (χ2v) is 4.50. The highest BCUT2D eigenvalue weighted by molar-refractivity contribution is 5.32. The molecule has 0 heterocycles. The van der Waals surface area contributed by atoms with Crippen LogP contribution < -0.4 is 14.8 Å². The van der Waals surface area contributed by atoms with E-state index in [0.29, 0.717) is 6.04 Å². The first-order chi connectivity index (χ1) is 8.76. The summed E-state index contributed by atoms with van der Waals surface area (Å²) in [6.07, 6.45) is 3.40. The molecule has 0 fully saturated rings. The predicted molar refractivity (Wildman–Crippen MR) is 75.5 cm³/mol. The summed E-state index contributed by atoms with van der Waals surface area (Å²) in [5.41, 5.74) is 0. The molecular formula is C15H25NO2. The van der Waals surface area contributed by atoms with E-state index in [1.165, 1.54) is 6.42 Å². The van der Waals surface area contributed by atoms with Crippen LogP contribution in [0.4, 0.5) is 0 Å². The first-order valence-electron chi connectivity index (χ1n) is 6.76. The zero-order valence-electron chi connectivity index (χ0n) is 11.7. The maximum Gasteiger partial charge on any atom is 0.122 e. The minimum absolute atomic E-state index is 0.615. The molecule has 0 radical (unpaired) electrons. The van der Waals surface area contributed by atoms with Crippen molar-refractivity contribution in [3.05, 3.63) is 24.3 Å². The Hall–Kier alpha value is -1.22. The van der Waals surface area contributed by atoms with Gasteiger partial charge in [-0.15, -0.1) is 0 Å². The van der Waals surface area contributed by atoms with Gasteiger partial charge in [-0.25, -0.2) is 0 Å². The first-order valence-corrected chi connectivity index (χ1v) is 6.76. The molecule has 0 aliphatic carbocycles. The Morgan fingerprint density at radius 1 is 1.22 bits per heavy atom. The third-order valence-electron chi connectivity index (χ3n) is 2.99. The lowest BCUT2D eigenvalue weighted by Crippen LogP contribution is -2.26. The molecule has 0 bridgehead atoms. The fourth-order valence-corrected chi connectivity index (χ4v) is 1.60. The van der Waals surface area contributed by atoms with Gasteiger partial charge in [-0.3, -0.25) is 0 Å². The average Bonchev–Trinajstić information content (AvgIpc) is 2.42. The molecule has 1 aromatic carbocycles. The van der Waals surface area contributed by atoms with E-state index in [-0.39, 0.29) is 0 Å². The summed E-state index contributed by atoms with van der Waals surface area (Å²) in [6.45, 7) is 6.24. The molecule has 102 valence electrons. The van der Waals surface area contributed by atoms with Crippen LogP contribution >= 0.6 is 0 Å². The van der Waals surface area contributed by atoms with Gasteiger partial charge >= 0.3 is 0 Å². The van der Waals surface area contributed by atoms with Crippen LogP contribution in [-0.2, 0) is 0 Å². The van der Waals surface area contributed by atoms with Crippen LogP contribution in [0.2, 0.25) is 0 Å². The Labute approximate surface area is 110 Å². The summed E-state index contributed by atoms with van der Waals surface area (Å²) >= 11 is 0. The molecule has 0 saturated carbocycles. The van der Waals surface area contributed by atoms with Crippen molar-refractivity contribution in [1.82, 2.24) is 5.32 Å². The third kappa shape index (κ3) is 5.92. The van der Waals surface area contributed by atoms with Crippen molar-refractivity contribution in [1.29, 1.82) is 0 Å². The second-order valence-electron chi connectivity index (χ2n) is 4.50. The molecule has 0 aromatic heterocycles. The highest BCUT2D eigenvalue weighted by Crippen LogP contribution is 2.18. The average molecular weight is 251 g/mol. The maximum absolute atomic E-state index is 5.67. The van der Waals surface area contributed by atoms with Gasteiger partial charge in [0.15, 0.2) is 0 Å². The zero-order chi connectivity index (χ0) is 13.2. The summed E-state index contributed by atoms with van der Waals surface area (Å²) in [5, 5.41) is 3.47. The number of hydrogen-bond acceptors (Lipinski definition) is 3. The molecule has 1 atom stereocenters. The van der Waals surface area contributed by atoms with E-state index >= 15 is 0 Å². The van der Waals surface area contributed by atoms with Crippen LogP contribution in [-0.4, -0.2) is 26.3 Å². The quantitative estimate of drug-likeness (QED) is 0.683. The van der Waals surface area contributed by atoms with Crippen molar-refractivity contribution < 1.29 is 9.47 Å². The van der Waals surface area contributed by atoms with Crippen LogP contribution in [0.1, 0.15) is 33.1 Å². The Bertz CT molecular complexity index is 328. The van der Waals surface area contributed by atoms with Crippen LogP contribution in [0, 0.1) is 0 Å². The number of unbranched alkanes of at least 4 members (excludes halogenated alkanes) is 1. The summed E-state index contributed by atoms with van der Waals surface area (Å²) in [4.78, 5) is 0. The lowest BCUT2D eigenvalue weighted by atomic mass is 10.2. The number of ether oxygens (including phenoxy) is 2. The summed E-state index contributed by atoms with van der Waals surface area (Å²) in [6, 6.07) is 8.35. The molecule has 0 amide bonds. The largest absolute Gasteiger partial charge is 0.497 e. The second kappa shape index (κ2) is 8.81. The molecule has 0 spiro atoms. The van der Waals surface area contributed by atoms with E-state index in [9.17, 15) is 0 Å². The molecular weight excluding hydrogens is 226 g/mol. The van der Waals surface area contributed by atoms with Gasteiger partial charge in [0.25, 0.3) is 0 Å². The lowest BCUT2D eigenvalue weighted by molar-refractivity contribution is 0.302. The highest BCUT2D eigenvalue weighted by atomic mass is 16.5. The van der Waals surface area contributed by atoms with Crippen molar-refractivity contribution in [2.24, 2.45) is 0 Å². The summed E-state index contributed by atoms with van der Waals surface area (Å²) in [5.74, 6) is 1.72. The van der Waals surface area contributed by atoms with Gasteiger partial charge in [-0.2, -0.15) is 0 Å². The molecule has 1 N–H and O–H groups in total. The van der Waals surface area contributed by atoms with Crippen LogP contribution in [0.15, 0.2) is 24.3 Å². The fraction of sp³-hybridized carbons (Fsp3) is 0.600. The maximum atomic E-state index is 5.67. The standard InChI is InChI=1S/C15H25NO2/c1-4-13(2)16-10-5-6-11-18-15-9-7-8-14(12-15)17-3/h7-9,12-13,16H,4-6,10-11H2,1-3H3/t13-/m1/s1. The Kier molecular flexibility index (Phi) is 7.26. The predicted octanol–water partition coefficient (Wildman–Crippen LogP) is 3.24. The Balaban J connectivity index is 2.10. The van der Waals surface area contributed by atoms with Crippen molar-refractivity contribution in [3.8, 4) is 11.5 Å². The molecule has 0 unspecified atom stereocenters. The lowest BCUT2D eigenvalue weighted by Gasteiger charge is -2.11. The van der Waals surface area contributed by atoms with Gasteiger partial charge < -0.3 is 14.8 Å². The molecule has 0 aliphatic heterocycles. The van der Waals surface area contributed by atoms with E-state index < -0.39 is 0 Å². The molecule has 18 heavy (non-hydrogen) atoms. The Morgan fingerprint density at radius 2 is 2.00 bits per heavy atom. The minimum atomic E-state index is 0.615. The third-order valence-corrected chi connectivity index (χ3v) is 2.99. The van der Waals surface area contributed by atoms with Crippen molar-refractivity contribution >= 4 is 0 Å². The van der Waals surface area contributed by atoms with E-state index in [1.54, 1.807) is 7.11 Å². The molecule has 0 aliphatic rings. The van der Waals surface area contributed by atoms with Gasteiger partial charge in [0, 0.05) is 12.1 Å². The Morgan fingerprint density at radius 3 is 2.72 bits per heavy atom. The van der Waals surface area contributed by atoms with Crippen molar-refractivity contribution in [2.45, 2.75) is 39.2 Å². The monoisotopic (exact) mass is 251 g/mol. The molecule has 0 saturated heterocycles. The smallest absolute Gasteiger partial charge is 0.122 e. The fourth-order valence-electron chi connectivity index (χ4n) is 1.60. The number of nitrogens with one attached hydrogen (secondary N) is 1. The van der Waals surface area contributed by atoms with E-state index in [0.717, 1.165) is 37.5 Å². The number of benzene rings is 1. The number of rotatable bonds is 9. The van der Waals surface area contributed by atoms with Crippen LogP contribution in [0.3, 0.4) is 0 Å². The van der Waals surface area contributed by atoms with Gasteiger partial charge in [0.05, 0.1) is 13.7 Å². The van der Waals surface area contributed by atoms with E-state index in [4.69, 9.17) is 9.47 Å². The zero-order valence-corrected chi connectivity index (χ0v) is 11.7. The van der Waals surface area contributed by atoms with Gasteiger partial charge in [0.1, 0.15) is 11.5 Å². The van der Waals surface area contributed by atoms with Crippen molar-refractivity contribution in [3.63, 3.8) is 0 Å². The number of hydrogen-bond donors (Lipinski definition) is 1. The minimum Gasteiger partial charge on any atom is -0.497 e. The van der Waals surface area contributed by atoms with Gasteiger partial charge in [-0.05, 0) is 44.9 Å².